The van der Waals surface area contributed by atoms with Crippen molar-refractivity contribution in [3.63, 3.8) is 0 Å². The van der Waals surface area contributed by atoms with Crippen molar-refractivity contribution in [2.45, 2.75) is 43.5 Å². The van der Waals surface area contributed by atoms with Gasteiger partial charge in [0.2, 0.25) is 9.84 Å². The summed E-state index contributed by atoms with van der Waals surface area (Å²) in [6.07, 6.45) is 0.406. The summed E-state index contributed by atoms with van der Waals surface area (Å²) in [4.78, 5) is 4.35. The van der Waals surface area contributed by atoms with Gasteiger partial charge in [-0.15, -0.1) is 12.4 Å². The maximum Gasteiger partial charge on any atom is 0.212 e. The van der Waals surface area contributed by atoms with Crippen molar-refractivity contribution in [3.8, 4) is 0 Å². The summed E-state index contributed by atoms with van der Waals surface area (Å²) in [5, 5.41) is 4.42. The number of sulfone groups is 1. The van der Waals surface area contributed by atoms with Crippen LogP contribution in [0.1, 0.15) is 29.6 Å². The van der Waals surface area contributed by atoms with Crippen LogP contribution >= 0.6 is 12.4 Å². The highest BCUT2D eigenvalue weighted by Gasteiger charge is 2.29. The lowest BCUT2D eigenvalue weighted by atomic mass is 10.2. The first-order valence-electron chi connectivity index (χ1n) is 7.89. The quantitative estimate of drug-likeness (QED) is 0.729. The summed E-state index contributed by atoms with van der Waals surface area (Å²) in [6, 6.07) is 4.95. The Kier molecular flexibility index (Phi) is 5.70. The number of rotatable bonds is 4. The van der Waals surface area contributed by atoms with Gasteiger partial charge in [0.1, 0.15) is 10.7 Å². The van der Waals surface area contributed by atoms with E-state index in [1.165, 1.54) is 22.7 Å². The van der Waals surface area contributed by atoms with Gasteiger partial charge >= 0.3 is 0 Å². The van der Waals surface area contributed by atoms with Crippen LogP contribution in [0.2, 0.25) is 0 Å². The van der Waals surface area contributed by atoms with Gasteiger partial charge in [0.25, 0.3) is 0 Å². The van der Waals surface area contributed by atoms with E-state index in [1.807, 2.05) is 13.8 Å². The molecule has 140 valence electrons. The Hall–Kier alpha value is -2.03. The summed E-state index contributed by atoms with van der Waals surface area (Å²) >= 11 is 0. The Balaban J connectivity index is 0.00000243. The molecular weight excluding hydrogens is 379 g/mol. The maximum absolute atomic E-state index is 13.5. The molecule has 0 radical (unpaired) electrons. The third-order valence-electron chi connectivity index (χ3n) is 4.27. The molecule has 0 amide bonds. The minimum absolute atomic E-state index is 0. The third kappa shape index (κ3) is 3.08. The van der Waals surface area contributed by atoms with Crippen LogP contribution in [0.3, 0.4) is 0 Å². The second kappa shape index (κ2) is 7.30. The molecule has 6 nitrogen and oxygen atoms in total. The molecule has 0 aliphatic heterocycles. The van der Waals surface area contributed by atoms with Crippen molar-refractivity contribution >= 4 is 27.9 Å². The van der Waals surface area contributed by atoms with Gasteiger partial charge in [0.15, 0.2) is 5.65 Å². The molecule has 3 aromatic rings. The number of halogens is 2. The molecule has 3 rings (SSSR count). The van der Waals surface area contributed by atoms with Crippen molar-refractivity contribution in [1.29, 1.82) is 0 Å². The Bertz CT molecular complexity index is 1080. The predicted molar refractivity (Wildman–Crippen MR) is 98.8 cm³/mol. The van der Waals surface area contributed by atoms with Crippen molar-refractivity contribution in [2.24, 2.45) is 5.73 Å². The van der Waals surface area contributed by atoms with Crippen LogP contribution in [0.25, 0.3) is 5.65 Å². The Morgan fingerprint density at radius 2 is 1.96 bits per heavy atom. The molecule has 0 saturated carbocycles. The monoisotopic (exact) mass is 398 g/mol. The number of aromatic nitrogens is 3. The van der Waals surface area contributed by atoms with E-state index < -0.39 is 15.7 Å². The van der Waals surface area contributed by atoms with Crippen molar-refractivity contribution in [3.05, 3.63) is 52.7 Å². The average molecular weight is 399 g/mol. The highest BCUT2D eigenvalue weighted by molar-refractivity contribution is 7.91. The van der Waals surface area contributed by atoms with Crippen LogP contribution in [-0.4, -0.2) is 23.0 Å². The van der Waals surface area contributed by atoms with Crippen LogP contribution in [0.15, 0.2) is 34.1 Å². The third-order valence-corrected chi connectivity index (χ3v) is 6.10. The van der Waals surface area contributed by atoms with Crippen LogP contribution in [0.5, 0.6) is 0 Å². The Morgan fingerprint density at radius 1 is 1.27 bits per heavy atom. The summed E-state index contributed by atoms with van der Waals surface area (Å²) < 4.78 is 41.3. The zero-order chi connectivity index (χ0) is 18.4. The van der Waals surface area contributed by atoms with Crippen LogP contribution in [0, 0.1) is 19.7 Å². The van der Waals surface area contributed by atoms with Gasteiger partial charge in [-0.2, -0.15) is 5.10 Å². The number of aryl methyl sites for hydroxylation is 3. The number of benzene rings is 1. The van der Waals surface area contributed by atoms with Gasteiger partial charge in [0, 0.05) is 23.5 Å². The van der Waals surface area contributed by atoms with Crippen LogP contribution in [0.4, 0.5) is 4.39 Å². The molecule has 0 unspecified atom stereocenters. The van der Waals surface area contributed by atoms with E-state index in [2.05, 4.69) is 10.1 Å². The number of hydrogen-bond donors (Lipinski definition) is 1. The summed E-state index contributed by atoms with van der Waals surface area (Å²) in [6.45, 7) is 5.72. The Labute approximate surface area is 157 Å². The minimum atomic E-state index is -3.96. The van der Waals surface area contributed by atoms with Crippen LogP contribution < -0.4 is 5.73 Å². The van der Waals surface area contributed by atoms with Crippen molar-refractivity contribution < 1.29 is 12.8 Å². The zero-order valence-electron chi connectivity index (χ0n) is 14.7. The SMILES string of the molecule is CCc1nn2c(C)c(CN)c(C)nc2c1S(=O)(=O)c1cccc(F)c1.Cl. The number of hydrogen-bond acceptors (Lipinski definition) is 5. The van der Waals surface area contributed by atoms with E-state index in [0.717, 1.165) is 17.3 Å². The second-order valence-electron chi connectivity index (χ2n) is 5.79. The minimum Gasteiger partial charge on any atom is -0.326 e. The van der Waals surface area contributed by atoms with E-state index in [-0.39, 0.29) is 34.4 Å². The normalized spacial score (nSPS) is 11.6. The van der Waals surface area contributed by atoms with Crippen molar-refractivity contribution in [2.75, 3.05) is 0 Å². The highest BCUT2D eigenvalue weighted by atomic mass is 35.5. The zero-order valence-corrected chi connectivity index (χ0v) is 16.3. The van der Waals surface area contributed by atoms with E-state index in [1.54, 1.807) is 6.92 Å². The molecule has 26 heavy (non-hydrogen) atoms. The first-order chi connectivity index (χ1) is 11.8. The molecule has 1 aromatic carbocycles. The fourth-order valence-electron chi connectivity index (χ4n) is 2.94. The first-order valence-corrected chi connectivity index (χ1v) is 9.38. The second-order valence-corrected chi connectivity index (χ2v) is 7.68. The predicted octanol–water partition coefficient (Wildman–Crippen LogP) is 2.76. The van der Waals surface area contributed by atoms with Crippen LogP contribution in [-0.2, 0) is 22.8 Å². The molecule has 2 heterocycles. The first kappa shape index (κ1) is 20.3. The van der Waals surface area contributed by atoms with E-state index >= 15 is 0 Å². The number of nitrogens with zero attached hydrogens (tertiary/aromatic N) is 3. The van der Waals surface area contributed by atoms with Gasteiger partial charge in [-0.1, -0.05) is 13.0 Å². The van der Waals surface area contributed by atoms with E-state index in [9.17, 15) is 12.8 Å². The van der Waals surface area contributed by atoms with Crippen molar-refractivity contribution in [1.82, 2.24) is 14.6 Å². The Morgan fingerprint density at radius 3 is 2.54 bits per heavy atom. The van der Waals surface area contributed by atoms with Gasteiger partial charge in [-0.25, -0.2) is 22.3 Å². The molecule has 0 bridgehead atoms. The summed E-state index contributed by atoms with van der Waals surface area (Å²) in [5.41, 5.74) is 8.65. The maximum atomic E-state index is 13.5. The lowest BCUT2D eigenvalue weighted by Crippen LogP contribution is -2.10. The fraction of sp³-hybridized carbons (Fsp3) is 0.294. The largest absolute Gasteiger partial charge is 0.326 e. The van der Waals surface area contributed by atoms with E-state index in [4.69, 9.17) is 5.73 Å². The molecule has 0 aliphatic rings. The lowest BCUT2D eigenvalue weighted by molar-refractivity contribution is 0.590. The number of fused-ring (bicyclic) bond motifs is 1. The molecule has 2 aromatic heterocycles. The smallest absolute Gasteiger partial charge is 0.212 e. The molecule has 0 spiro atoms. The summed E-state index contributed by atoms with van der Waals surface area (Å²) in [7, 11) is -3.96. The average Bonchev–Trinajstić information content (AvgIpc) is 2.94. The standard InChI is InChI=1S/C17H19FN4O2S.ClH/c1-4-15-16(25(23,24)13-7-5-6-12(18)8-13)17-20-10(2)14(9-19)11(3)22(17)21-15;/h5-8H,4,9,19H2,1-3H3;1H. The molecular formula is C17H20ClFN4O2S. The molecule has 0 aliphatic carbocycles. The molecule has 9 heteroatoms. The molecule has 0 atom stereocenters. The molecule has 2 N–H and O–H groups in total. The lowest BCUT2D eigenvalue weighted by Gasteiger charge is -2.09. The highest BCUT2D eigenvalue weighted by Crippen LogP contribution is 2.29. The topological polar surface area (TPSA) is 90.3 Å². The van der Waals surface area contributed by atoms with Gasteiger partial charge in [0.05, 0.1) is 10.6 Å². The summed E-state index contributed by atoms with van der Waals surface area (Å²) in [5.74, 6) is -0.610. The van der Waals surface area contributed by atoms with Gasteiger partial charge in [-0.05, 0) is 38.5 Å². The fourth-order valence-corrected chi connectivity index (χ4v) is 4.57. The molecule has 0 fully saturated rings. The van der Waals surface area contributed by atoms with Gasteiger partial charge < -0.3 is 5.73 Å². The molecule has 0 saturated heterocycles. The van der Waals surface area contributed by atoms with E-state index in [0.29, 0.717) is 17.8 Å². The van der Waals surface area contributed by atoms with Gasteiger partial charge in [-0.3, -0.25) is 0 Å². The number of nitrogens with two attached hydrogens (primary N) is 1.